The van der Waals surface area contributed by atoms with Crippen molar-refractivity contribution >= 4 is 23.8 Å². The average molecular weight is 633 g/mol. The fourth-order valence-electron chi connectivity index (χ4n) is 11.8. The first-order valence-corrected chi connectivity index (χ1v) is 17.3. The molecule has 0 amide bonds. The van der Waals surface area contributed by atoms with Gasteiger partial charge in [-0.05, 0) is 133 Å². The number of hydrogen-bond donors (Lipinski definition) is 3. The Morgan fingerprint density at radius 1 is 0.913 bits per heavy atom. The summed E-state index contributed by atoms with van der Waals surface area (Å²) in [5, 5.41) is 30.2. The number of hydrogen-bond acceptors (Lipinski definition) is 6. The molecule has 5 aliphatic rings. The summed E-state index contributed by atoms with van der Waals surface area (Å²) in [4.78, 5) is 40.9. The molecule has 0 spiro atoms. The van der Waals surface area contributed by atoms with Gasteiger partial charge in [-0.1, -0.05) is 53.2 Å². The standard InChI is InChI=1S/C39H52O7/c1-22-12-15-35(3)18-19-37(5)25(32(35)23(22)2)21-28(42)33-36(4)16-14-30(39(7,34(44)45)29(36)13-17-38(33,37)6)46-31(43)11-9-24-8-10-26(40)27(41)20-24/h8-11,20-23,29-30,32-33,40-41H,12-19H2,1-7H3,(H,44,45)/b11-9+/t22-,23+,29-,30-,32+,33-,35-,36+,37-,38-,39-/m1/s1. The molecule has 0 unspecified atom stereocenters. The van der Waals surface area contributed by atoms with Crippen molar-refractivity contribution in [3.63, 3.8) is 0 Å². The van der Waals surface area contributed by atoms with Crippen LogP contribution in [-0.2, 0) is 19.1 Å². The molecule has 6 rings (SSSR count). The van der Waals surface area contributed by atoms with Gasteiger partial charge in [0.1, 0.15) is 11.5 Å². The second-order valence-corrected chi connectivity index (χ2v) is 16.9. The van der Waals surface area contributed by atoms with E-state index in [1.165, 1.54) is 42.7 Å². The quantitative estimate of drug-likeness (QED) is 0.175. The summed E-state index contributed by atoms with van der Waals surface area (Å²) < 4.78 is 5.91. The van der Waals surface area contributed by atoms with E-state index in [2.05, 4.69) is 41.5 Å². The van der Waals surface area contributed by atoms with Crippen molar-refractivity contribution in [1.82, 2.24) is 0 Å². The molecule has 46 heavy (non-hydrogen) atoms. The number of phenols is 2. The molecule has 0 aromatic heterocycles. The molecule has 11 atom stereocenters. The number of carboxylic acids is 1. The van der Waals surface area contributed by atoms with Crippen molar-refractivity contribution < 1.29 is 34.4 Å². The van der Waals surface area contributed by atoms with Crippen molar-refractivity contribution in [3.05, 3.63) is 41.5 Å². The van der Waals surface area contributed by atoms with Crippen LogP contribution < -0.4 is 0 Å². The van der Waals surface area contributed by atoms with Crippen molar-refractivity contribution in [2.45, 2.75) is 106 Å². The molecular weight excluding hydrogens is 580 g/mol. The molecule has 7 heteroatoms. The zero-order chi connectivity index (χ0) is 33.6. The normalized spacial score (nSPS) is 45.1. The van der Waals surface area contributed by atoms with Crippen molar-refractivity contribution in [3.8, 4) is 11.5 Å². The summed E-state index contributed by atoms with van der Waals surface area (Å²) in [6.07, 6.45) is 10.9. The number of rotatable bonds is 4. The largest absolute Gasteiger partial charge is 0.504 e. The third-order valence-corrected chi connectivity index (χ3v) is 14.9. The number of esters is 1. The molecule has 7 nitrogen and oxygen atoms in total. The highest BCUT2D eigenvalue weighted by atomic mass is 16.5. The average Bonchev–Trinajstić information content (AvgIpc) is 2.98. The van der Waals surface area contributed by atoms with E-state index in [4.69, 9.17) is 4.74 Å². The van der Waals surface area contributed by atoms with Crippen LogP contribution in [0, 0.1) is 56.7 Å². The van der Waals surface area contributed by atoms with Gasteiger partial charge in [-0.2, -0.15) is 0 Å². The van der Waals surface area contributed by atoms with E-state index in [9.17, 15) is 29.7 Å². The number of allylic oxidation sites excluding steroid dienone is 2. The lowest BCUT2D eigenvalue weighted by molar-refractivity contribution is -0.220. The van der Waals surface area contributed by atoms with Crippen LogP contribution in [0.5, 0.6) is 11.5 Å². The number of benzene rings is 1. The maximum atomic E-state index is 14.6. The zero-order valence-corrected chi connectivity index (χ0v) is 28.6. The van der Waals surface area contributed by atoms with E-state index in [1.807, 2.05) is 6.08 Å². The minimum absolute atomic E-state index is 0.133. The summed E-state index contributed by atoms with van der Waals surface area (Å²) in [5.41, 5.74) is -0.275. The molecule has 0 bridgehead atoms. The van der Waals surface area contributed by atoms with E-state index in [-0.39, 0.29) is 45.4 Å². The van der Waals surface area contributed by atoms with Gasteiger partial charge in [0.15, 0.2) is 17.3 Å². The molecule has 1 aromatic rings. The Morgan fingerprint density at radius 3 is 2.30 bits per heavy atom. The Hall–Kier alpha value is -3.09. The number of ether oxygens (including phenoxy) is 1. The first-order valence-electron chi connectivity index (χ1n) is 17.3. The Balaban J connectivity index is 1.32. The van der Waals surface area contributed by atoms with Crippen molar-refractivity contribution in [2.75, 3.05) is 0 Å². The molecule has 4 saturated carbocycles. The molecule has 4 fully saturated rings. The van der Waals surface area contributed by atoms with Crippen LogP contribution in [0.15, 0.2) is 35.9 Å². The predicted octanol–water partition coefficient (Wildman–Crippen LogP) is 7.94. The Morgan fingerprint density at radius 2 is 1.63 bits per heavy atom. The first-order chi connectivity index (χ1) is 21.4. The van der Waals surface area contributed by atoms with Gasteiger partial charge in [0.05, 0.1) is 0 Å². The van der Waals surface area contributed by atoms with Crippen LogP contribution in [0.1, 0.15) is 105 Å². The second kappa shape index (κ2) is 10.7. The van der Waals surface area contributed by atoms with E-state index < -0.39 is 28.9 Å². The van der Waals surface area contributed by atoms with Gasteiger partial charge < -0.3 is 20.1 Å². The molecule has 0 saturated heterocycles. The second-order valence-electron chi connectivity index (χ2n) is 16.9. The van der Waals surface area contributed by atoms with Gasteiger partial charge in [-0.25, -0.2) is 4.79 Å². The highest BCUT2D eigenvalue weighted by Crippen LogP contribution is 2.75. The number of carboxylic acid groups (broad SMARTS) is 1. The van der Waals surface area contributed by atoms with Crippen molar-refractivity contribution in [1.29, 1.82) is 0 Å². The molecule has 1 aromatic carbocycles. The lowest BCUT2D eigenvalue weighted by atomic mass is 9.33. The number of carbonyl (C=O) groups is 3. The third kappa shape index (κ3) is 4.46. The fraction of sp³-hybridized carbons (Fsp3) is 0.667. The summed E-state index contributed by atoms with van der Waals surface area (Å²) in [5.74, 6) is -1.18. The SMILES string of the molecule is C[C@H]1[C@H](C)CC[C@]2(C)CC[C@]3(C)C(=CC(=O)[C@@H]4[C@@]5(C)CC[C@@H](OC(=O)/C=C/c6ccc(O)c(O)c6)[C@](C)(C(=O)O)[C@@H]5CC[C@]43C)[C@H]12. The van der Waals surface area contributed by atoms with Gasteiger partial charge in [0, 0.05) is 12.0 Å². The van der Waals surface area contributed by atoms with Gasteiger partial charge in [0.25, 0.3) is 0 Å². The van der Waals surface area contributed by atoms with Crippen LogP contribution in [0.2, 0.25) is 0 Å². The molecule has 0 radical (unpaired) electrons. The third-order valence-electron chi connectivity index (χ3n) is 14.9. The summed E-state index contributed by atoms with van der Waals surface area (Å²) in [6.45, 7) is 15.8. The van der Waals surface area contributed by atoms with Crippen LogP contribution in [0.3, 0.4) is 0 Å². The number of ketones is 1. The van der Waals surface area contributed by atoms with Gasteiger partial charge in [0.2, 0.25) is 0 Å². The number of carbonyl (C=O) groups excluding carboxylic acids is 2. The lowest BCUT2D eigenvalue weighted by Crippen LogP contribution is -2.68. The number of aromatic hydroxyl groups is 2. The molecular formula is C39H52O7. The molecule has 5 aliphatic carbocycles. The number of aliphatic carboxylic acids is 1. The first kappa shape index (κ1) is 32.8. The molecule has 3 N–H and O–H groups in total. The highest BCUT2D eigenvalue weighted by Gasteiger charge is 2.72. The minimum Gasteiger partial charge on any atom is -0.504 e. The van der Waals surface area contributed by atoms with Crippen LogP contribution in [0.25, 0.3) is 6.08 Å². The van der Waals surface area contributed by atoms with E-state index in [0.29, 0.717) is 42.6 Å². The maximum Gasteiger partial charge on any atom is 0.331 e. The summed E-state index contributed by atoms with van der Waals surface area (Å²) >= 11 is 0. The monoisotopic (exact) mass is 632 g/mol. The Kier molecular flexibility index (Phi) is 7.65. The lowest BCUT2D eigenvalue weighted by Gasteiger charge is -2.70. The molecule has 0 aliphatic heterocycles. The van der Waals surface area contributed by atoms with Gasteiger partial charge >= 0.3 is 11.9 Å². The van der Waals surface area contributed by atoms with E-state index in [1.54, 1.807) is 13.0 Å². The van der Waals surface area contributed by atoms with Crippen LogP contribution in [-0.4, -0.2) is 39.1 Å². The number of fused-ring (bicyclic) bond motifs is 7. The Bertz CT molecular complexity index is 1530. The predicted molar refractivity (Wildman–Crippen MR) is 176 cm³/mol. The van der Waals surface area contributed by atoms with Gasteiger partial charge in [-0.3, -0.25) is 9.59 Å². The van der Waals surface area contributed by atoms with Crippen molar-refractivity contribution in [2.24, 2.45) is 56.7 Å². The van der Waals surface area contributed by atoms with E-state index >= 15 is 0 Å². The summed E-state index contributed by atoms with van der Waals surface area (Å²) in [7, 11) is 0. The number of phenolic OH excluding ortho intramolecular Hbond substituents is 2. The molecule has 0 heterocycles. The smallest absolute Gasteiger partial charge is 0.331 e. The minimum atomic E-state index is -1.36. The van der Waals surface area contributed by atoms with Crippen LogP contribution >= 0.6 is 0 Å². The van der Waals surface area contributed by atoms with E-state index in [0.717, 1.165) is 19.3 Å². The Labute approximate surface area is 273 Å². The van der Waals surface area contributed by atoms with Crippen LogP contribution in [0.4, 0.5) is 0 Å². The molecule has 250 valence electrons. The summed E-state index contributed by atoms with van der Waals surface area (Å²) in [6, 6.07) is 4.21. The zero-order valence-electron chi connectivity index (χ0n) is 28.6. The highest BCUT2D eigenvalue weighted by molar-refractivity contribution is 5.96. The topological polar surface area (TPSA) is 121 Å². The fourth-order valence-corrected chi connectivity index (χ4v) is 11.8. The maximum absolute atomic E-state index is 14.6. The van der Waals surface area contributed by atoms with Gasteiger partial charge in [-0.15, -0.1) is 0 Å².